The Bertz CT molecular complexity index is 1390. The van der Waals surface area contributed by atoms with Crippen LogP contribution in [0.15, 0.2) is 72.3 Å². The molecule has 0 N–H and O–H groups in total. The van der Waals surface area contributed by atoms with Gasteiger partial charge in [-0.1, -0.05) is 23.8 Å². The molecule has 0 saturated carbocycles. The lowest BCUT2D eigenvalue weighted by atomic mass is 9.98. The molecule has 0 bridgehead atoms. The van der Waals surface area contributed by atoms with Crippen molar-refractivity contribution in [2.75, 3.05) is 13.2 Å². The van der Waals surface area contributed by atoms with Gasteiger partial charge in [0.1, 0.15) is 22.9 Å². The molecule has 0 fully saturated rings. The minimum atomic E-state index is -0.968. The molecule has 0 unspecified atom stereocenters. The third-order valence-corrected chi connectivity index (χ3v) is 5.83. The minimum absolute atomic E-state index is 0.0168. The van der Waals surface area contributed by atoms with Crippen LogP contribution in [0.5, 0.6) is 5.75 Å². The maximum Gasteiger partial charge on any atom is 0.169 e. The summed E-state index contributed by atoms with van der Waals surface area (Å²) < 4.78 is 41.1. The van der Waals surface area contributed by atoms with E-state index >= 15 is 0 Å². The van der Waals surface area contributed by atoms with Crippen LogP contribution in [0.2, 0.25) is 0 Å². The lowest BCUT2D eigenvalue weighted by molar-refractivity contribution is 0.200. The van der Waals surface area contributed by atoms with E-state index in [1.807, 2.05) is 37.3 Å². The molecule has 0 radical (unpaired) electrons. The maximum absolute atomic E-state index is 14.2. The van der Waals surface area contributed by atoms with E-state index in [2.05, 4.69) is 22.0 Å². The van der Waals surface area contributed by atoms with Crippen molar-refractivity contribution < 1.29 is 18.3 Å². The van der Waals surface area contributed by atoms with Gasteiger partial charge >= 0.3 is 0 Å². The fraction of sp³-hybridized carbons (Fsp3) is 0.222. The number of hydrogen-bond donors (Lipinski definition) is 0. The standard InChI is InChI=1S/C27H24F2N4O2/c1-3-34-19-9-7-18(8-10-19)22-13-20(35-12-11-17(22)2)15-33-16-25-24(14-30-33)31-27(32-25)21-5-4-6-23(28)26(21)29/h4-10,13-14,16H,3,11-12,15H2,1-2H3. The molecule has 3 heterocycles. The molecule has 35 heavy (non-hydrogen) atoms. The van der Waals surface area contributed by atoms with Gasteiger partial charge in [0.25, 0.3) is 0 Å². The van der Waals surface area contributed by atoms with Gasteiger partial charge in [-0.2, -0.15) is 5.10 Å². The topological polar surface area (TPSA) is 62.1 Å². The van der Waals surface area contributed by atoms with Gasteiger partial charge in [-0.15, -0.1) is 0 Å². The zero-order valence-corrected chi connectivity index (χ0v) is 19.5. The van der Waals surface area contributed by atoms with Gasteiger partial charge in [0.15, 0.2) is 17.5 Å². The third-order valence-electron chi connectivity index (χ3n) is 5.83. The first-order valence-corrected chi connectivity index (χ1v) is 11.4. The van der Waals surface area contributed by atoms with Crippen LogP contribution < -0.4 is 4.74 Å². The van der Waals surface area contributed by atoms with E-state index in [1.54, 1.807) is 17.1 Å². The van der Waals surface area contributed by atoms with Crippen LogP contribution in [-0.4, -0.2) is 33.0 Å². The highest BCUT2D eigenvalue weighted by Gasteiger charge is 2.19. The Kier molecular flexibility index (Phi) is 6.27. The summed E-state index contributed by atoms with van der Waals surface area (Å²) >= 11 is 0. The second-order valence-electron chi connectivity index (χ2n) is 8.25. The predicted molar refractivity (Wildman–Crippen MR) is 129 cm³/mol. The monoisotopic (exact) mass is 474 g/mol. The minimum Gasteiger partial charge on any atom is -0.496 e. The molecule has 0 aliphatic carbocycles. The molecular formula is C27H24F2N4O2. The molecule has 0 atom stereocenters. The van der Waals surface area contributed by atoms with E-state index in [1.165, 1.54) is 17.7 Å². The molecule has 0 amide bonds. The normalized spacial score (nSPS) is 14.0. The Hall–Kier alpha value is -4.07. The molecule has 3 aliphatic heterocycles. The van der Waals surface area contributed by atoms with Gasteiger partial charge in [0.2, 0.25) is 0 Å². The Labute approximate surface area is 201 Å². The number of ether oxygens (including phenoxy) is 2. The Morgan fingerprint density at radius 2 is 1.86 bits per heavy atom. The number of hydrogen-bond acceptors (Lipinski definition) is 5. The van der Waals surface area contributed by atoms with Gasteiger partial charge in [-0.05, 0) is 55.3 Å². The first-order valence-electron chi connectivity index (χ1n) is 11.4. The van der Waals surface area contributed by atoms with Gasteiger partial charge < -0.3 is 9.47 Å². The molecule has 3 aliphatic rings. The number of rotatable bonds is 6. The van der Waals surface area contributed by atoms with Gasteiger partial charge in [0.05, 0.1) is 37.7 Å². The molecule has 0 spiro atoms. The van der Waals surface area contributed by atoms with E-state index < -0.39 is 11.6 Å². The third kappa shape index (κ3) is 4.77. The van der Waals surface area contributed by atoms with Crippen LogP contribution in [0.25, 0.3) is 28.3 Å². The average Bonchev–Trinajstić information content (AvgIpc) is 3.19. The second kappa shape index (κ2) is 9.66. The van der Waals surface area contributed by atoms with Crippen LogP contribution in [0.1, 0.15) is 25.8 Å². The van der Waals surface area contributed by atoms with Crippen molar-refractivity contribution >= 4 is 5.57 Å². The summed E-state index contributed by atoms with van der Waals surface area (Å²) in [5, 5.41) is 4.42. The second-order valence-corrected chi connectivity index (χ2v) is 8.25. The number of imidazole rings is 1. The van der Waals surface area contributed by atoms with Crippen LogP contribution in [-0.2, 0) is 11.3 Å². The largest absolute Gasteiger partial charge is 0.496 e. The number of benzene rings is 2. The Balaban J connectivity index is 1.42. The average molecular weight is 475 g/mol. The van der Waals surface area contributed by atoms with E-state index in [0.29, 0.717) is 31.1 Å². The molecule has 2 aromatic rings. The predicted octanol–water partition coefficient (Wildman–Crippen LogP) is 5.90. The van der Waals surface area contributed by atoms with Crippen molar-refractivity contribution in [1.82, 2.24) is 19.7 Å². The first-order chi connectivity index (χ1) is 17.0. The summed E-state index contributed by atoms with van der Waals surface area (Å²) in [6.07, 6.45) is 6.15. The van der Waals surface area contributed by atoms with E-state index in [-0.39, 0.29) is 11.4 Å². The van der Waals surface area contributed by atoms with E-state index in [9.17, 15) is 8.78 Å². The van der Waals surface area contributed by atoms with E-state index in [0.717, 1.165) is 35.1 Å². The zero-order chi connectivity index (χ0) is 24.4. The summed E-state index contributed by atoms with van der Waals surface area (Å²) in [4.78, 5) is 8.71. The number of fused-ring (bicyclic) bond motifs is 1. The van der Waals surface area contributed by atoms with Gasteiger partial charge in [-0.25, -0.2) is 18.7 Å². The summed E-state index contributed by atoms with van der Waals surface area (Å²) in [5.41, 5.74) is 4.49. The SMILES string of the molecule is CCOc1ccc(C2=C(C)CCOC(Cn3cc4nc(-c5cccc(F)c5F)nc-4cn3)=C2)cc1. The highest BCUT2D eigenvalue weighted by Crippen LogP contribution is 2.30. The quantitative estimate of drug-likeness (QED) is 0.348. The molecule has 0 saturated heterocycles. The first kappa shape index (κ1) is 22.7. The summed E-state index contributed by atoms with van der Waals surface area (Å²) in [6, 6.07) is 12.0. The molecule has 178 valence electrons. The highest BCUT2D eigenvalue weighted by molar-refractivity contribution is 5.77. The number of nitrogens with zero attached hydrogens (tertiary/aromatic N) is 4. The summed E-state index contributed by atoms with van der Waals surface area (Å²) in [7, 11) is 0. The molecule has 6 nitrogen and oxygen atoms in total. The number of aromatic nitrogens is 4. The Morgan fingerprint density at radius 3 is 2.66 bits per heavy atom. The van der Waals surface area contributed by atoms with Gasteiger partial charge in [-0.3, -0.25) is 4.68 Å². The van der Waals surface area contributed by atoms with Gasteiger partial charge in [0, 0.05) is 6.42 Å². The summed E-state index contributed by atoms with van der Waals surface area (Å²) in [5.74, 6) is -0.181. The molecule has 2 aromatic carbocycles. The lowest BCUT2D eigenvalue weighted by Crippen LogP contribution is -2.09. The molecule has 0 aromatic heterocycles. The van der Waals surface area contributed by atoms with Crippen LogP contribution in [0, 0.1) is 11.6 Å². The molecule has 8 heteroatoms. The number of halogens is 2. The lowest BCUT2D eigenvalue weighted by Gasteiger charge is -2.11. The van der Waals surface area contributed by atoms with Crippen LogP contribution in [0.4, 0.5) is 8.78 Å². The smallest absolute Gasteiger partial charge is 0.169 e. The van der Waals surface area contributed by atoms with Crippen molar-refractivity contribution in [2.45, 2.75) is 26.8 Å². The summed E-state index contributed by atoms with van der Waals surface area (Å²) in [6.45, 7) is 5.65. The Morgan fingerprint density at radius 1 is 1.06 bits per heavy atom. The maximum atomic E-state index is 14.2. The van der Waals surface area contributed by atoms with Crippen molar-refractivity contribution in [2.24, 2.45) is 0 Å². The fourth-order valence-electron chi connectivity index (χ4n) is 4.02. The van der Waals surface area contributed by atoms with Crippen molar-refractivity contribution in [3.05, 3.63) is 89.5 Å². The van der Waals surface area contributed by atoms with Crippen molar-refractivity contribution in [3.8, 4) is 28.5 Å². The van der Waals surface area contributed by atoms with Crippen molar-refractivity contribution in [1.29, 1.82) is 0 Å². The molecular weight excluding hydrogens is 450 g/mol. The van der Waals surface area contributed by atoms with E-state index in [4.69, 9.17) is 9.47 Å². The fourth-order valence-corrected chi connectivity index (χ4v) is 4.02. The van der Waals surface area contributed by atoms with Crippen LogP contribution >= 0.6 is 0 Å². The number of allylic oxidation sites excluding steroid dienone is 3. The van der Waals surface area contributed by atoms with Crippen LogP contribution in [0.3, 0.4) is 0 Å². The molecule has 5 rings (SSSR count). The highest BCUT2D eigenvalue weighted by atomic mass is 19.2. The zero-order valence-electron chi connectivity index (χ0n) is 19.5. The van der Waals surface area contributed by atoms with Crippen molar-refractivity contribution in [3.63, 3.8) is 0 Å².